The average molecular weight is 711 g/mol. The number of rotatable bonds is 8. The van der Waals surface area contributed by atoms with Crippen molar-refractivity contribution in [3.8, 4) is 23.7 Å². The molecule has 6 heterocycles. The molecule has 0 amide bonds. The number of fused-ring (bicyclic) bond motifs is 2. The van der Waals surface area contributed by atoms with E-state index in [9.17, 15) is 30.6 Å². The smallest absolute Gasteiger partial charge is 0.209 e. The minimum absolute atomic E-state index is 0.157. The van der Waals surface area contributed by atoms with Crippen molar-refractivity contribution in [2.75, 3.05) is 51.9 Å². The van der Waals surface area contributed by atoms with Crippen molar-refractivity contribution in [2.45, 2.75) is 68.3 Å². The third-order valence-electron chi connectivity index (χ3n) is 8.03. The van der Waals surface area contributed by atoms with Crippen LogP contribution in [0.5, 0.6) is 0 Å². The number of nitrogens with two attached hydrogens (primary N) is 3. The lowest BCUT2D eigenvalue weighted by molar-refractivity contribution is -0.0511. The molecule has 0 unspecified atom stereocenters. The maximum atomic E-state index is 10.2. The standard InChI is InChI=1S/C16H22N6O4.C15H20N6O4/c17-6-4-2-1-3-5-10-20-14(18)11-15(21-10)22(8-19-11)16-13(25)12(24)9(7-23)26-16;1-20(2)5-3-4-9-18-13(16)10-14(19-9)21(7-17-10)15-12(24)11(23)8(6-22)25-15/h8-9,12-13,16,23-25H,1-2,4,6-7,17H2,(H2,18,20,21);7-8,11-12,15,22-24H,5-6H2,1-2H3,(H2,16,18,19)/t9-,12-,13-,16-;8-,11-,12-,15-/m11/s1. The fourth-order valence-electron chi connectivity index (χ4n) is 5.36. The van der Waals surface area contributed by atoms with Crippen LogP contribution in [0, 0.1) is 23.7 Å². The van der Waals surface area contributed by atoms with Crippen LogP contribution in [0.2, 0.25) is 0 Å². The molecule has 0 radical (unpaired) electrons. The lowest BCUT2D eigenvalue weighted by Crippen LogP contribution is -2.33. The van der Waals surface area contributed by atoms with Crippen LogP contribution in [-0.2, 0) is 9.47 Å². The molecule has 0 spiro atoms. The molecule has 0 aliphatic carbocycles. The molecule has 0 saturated carbocycles. The van der Waals surface area contributed by atoms with Gasteiger partial charge in [0.2, 0.25) is 11.6 Å². The van der Waals surface area contributed by atoms with Crippen LogP contribution in [-0.4, -0.2) is 152 Å². The Morgan fingerprint density at radius 3 is 1.61 bits per heavy atom. The normalized spacial score (nSPS) is 25.8. The second-order valence-electron chi connectivity index (χ2n) is 12.1. The number of hydrogen-bond acceptors (Lipinski definition) is 18. The number of aliphatic hydroxyl groups excluding tert-OH is 6. The first-order chi connectivity index (χ1) is 24.5. The third-order valence-corrected chi connectivity index (χ3v) is 8.03. The summed E-state index contributed by atoms with van der Waals surface area (Å²) in [6.07, 6.45) is -3.36. The van der Waals surface area contributed by atoms with Gasteiger partial charge in [-0.25, -0.2) is 29.9 Å². The third kappa shape index (κ3) is 8.16. The molecule has 2 saturated heterocycles. The van der Waals surface area contributed by atoms with Crippen LogP contribution in [0.15, 0.2) is 12.7 Å². The Bertz CT molecular complexity index is 1930. The number of hydrogen-bond donors (Lipinski definition) is 9. The van der Waals surface area contributed by atoms with Gasteiger partial charge in [0, 0.05) is 6.42 Å². The minimum Gasteiger partial charge on any atom is -0.394 e. The van der Waals surface area contributed by atoms with E-state index in [0.29, 0.717) is 41.8 Å². The summed E-state index contributed by atoms with van der Waals surface area (Å²) >= 11 is 0. The zero-order chi connectivity index (χ0) is 36.8. The number of aromatic nitrogens is 8. The monoisotopic (exact) mass is 710 g/mol. The van der Waals surface area contributed by atoms with E-state index >= 15 is 0 Å². The van der Waals surface area contributed by atoms with Gasteiger partial charge in [-0.1, -0.05) is 11.8 Å². The van der Waals surface area contributed by atoms with E-state index < -0.39 is 62.3 Å². The first kappa shape index (κ1) is 37.7. The zero-order valence-electron chi connectivity index (χ0n) is 28.0. The molecule has 51 heavy (non-hydrogen) atoms. The summed E-state index contributed by atoms with van der Waals surface area (Å²) < 4.78 is 13.9. The number of nitrogens with zero attached hydrogens (tertiary/aromatic N) is 9. The molecule has 20 heteroatoms. The van der Waals surface area contributed by atoms with Gasteiger partial charge in [-0.05, 0) is 45.3 Å². The van der Waals surface area contributed by atoms with Gasteiger partial charge >= 0.3 is 0 Å². The second kappa shape index (κ2) is 16.6. The van der Waals surface area contributed by atoms with E-state index in [1.807, 2.05) is 19.0 Å². The van der Waals surface area contributed by atoms with Crippen LogP contribution >= 0.6 is 0 Å². The van der Waals surface area contributed by atoms with Crippen LogP contribution in [0.1, 0.15) is 43.4 Å². The zero-order valence-corrected chi connectivity index (χ0v) is 28.0. The van der Waals surface area contributed by atoms with E-state index in [4.69, 9.17) is 26.7 Å². The summed E-state index contributed by atoms with van der Waals surface area (Å²) in [5, 5.41) is 58.7. The highest BCUT2D eigenvalue weighted by atomic mass is 16.6. The van der Waals surface area contributed by atoms with E-state index in [-0.39, 0.29) is 23.3 Å². The maximum absolute atomic E-state index is 10.2. The lowest BCUT2D eigenvalue weighted by Gasteiger charge is -2.16. The first-order valence-electron chi connectivity index (χ1n) is 16.1. The predicted octanol–water partition coefficient (Wildman–Crippen LogP) is -3.57. The molecule has 20 nitrogen and oxygen atoms in total. The number of aliphatic hydroxyl groups is 6. The largest absolute Gasteiger partial charge is 0.394 e. The van der Waals surface area contributed by atoms with Gasteiger partial charge in [0.15, 0.2) is 35.4 Å². The molecule has 6 rings (SSSR count). The summed E-state index contributed by atoms with van der Waals surface area (Å²) in [4.78, 5) is 27.1. The number of imidazole rings is 2. The number of unbranched alkanes of at least 4 members (excludes halogenated alkanes) is 2. The molecule has 4 aromatic rings. The molecule has 4 aromatic heterocycles. The molecule has 2 fully saturated rings. The van der Waals surface area contributed by atoms with E-state index in [0.717, 1.165) is 12.8 Å². The van der Waals surface area contributed by atoms with Crippen LogP contribution in [0.4, 0.5) is 11.6 Å². The Morgan fingerprint density at radius 2 is 1.20 bits per heavy atom. The molecular formula is C31H42N12O8. The Labute approximate surface area is 291 Å². The quantitative estimate of drug-likeness (QED) is 0.0631. The first-order valence-corrected chi connectivity index (χ1v) is 16.1. The highest BCUT2D eigenvalue weighted by Crippen LogP contribution is 2.33. The van der Waals surface area contributed by atoms with Crippen molar-refractivity contribution < 1.29 is 40.1 Å². The Hall–Kier alpha value is -4.58. The van der Waals surface area contributed by atoms with Gasteiger partial charge in [0.1, 0.15) is 47.7 Å². The van der Waals surface area contributed by atoms with Crippen LogP contribution in [0.25, 0.3) is 22.3 Å². The van der Waals surface area contributed by atoms with Gasteiger partial charge in [-0.3, -0.25) is 14.0 Å². The molecule has 8 atom stereocenters. The van der Waals surface area contributed by atoms with E-state index in [2.05, 4.69) is 53.6 Å². The predicted molar refractivity (Wildman–Crippen MR) is 181 cm³/mol. The molecule has 2 aliphatic heterocycles. The summed E-state index contributed by atoms with van der Waals surface area (Å²) in [6, 6.07) is 0. The second-order valence-corrected chi connectivity index (χ2v) is 12.1. The van der Waals surface area contributed by atoms with Crippen LogP contribution in [0.3, 0.4) is 0 Å². The Morgan fingerprint density at radius 1 is 0.725 bits per heavy atom. The molecular weight excluding hydrogens is 668 g/mol. The topological polar surface area (TPSA) is 308 Å². The minimum atomic E-state index is -1.24. The molecule has 274 valence electrons. The Balaban J connectivity index is 0.000000198. The number of nitrogen functional groups attached to an aromatic ring is 2. The fourth-order valence-corrected chi connectivity index (χ4v) is 5.36. The molecule has 0 aromatic carbocycles. The lowest BCUT2D eigenvalue weighted by atomic mass is 10.1. The van der Waals surface area contributed by atoms with Crippen molar-refractivity contribution >= 4 is 34.0 Å². The highest BCUT2D eigenvalue weighted by molar-refractivity contribution is 5.82. The maximum Gasteiger partial charge on any atom is 0.209 e. The van der Waals surface area contributed by atoms with Crippen molar-refractivity contribution in [1.82, 2.24) is 43.9 Å². The van der Waals surface area contributed by atoms with Gasteiger partial charge < -0.3 is 57.3 Å². The van der Waals surface area contributed by atoms with Gasteiger partial charge in [-0.15, -0.1) is 0 Å². The molecule has 12 N–H and O–H groups in total. The average Bonchev–Trinajstić information content (AvgIpc) is 3.86. The SMILES string of the molecule is CN(C)CC#Cc1nc(N)c2ncn([C@@H]3O[C@H](CO)[C@@H](O)[C@H]3O)c2n1.NCCCCC#Cc1nc(N)c2ncn([C@@H]3O[C@H](CO)[C@@H](O)[C@H]3O)c2n1. The summed E-state index contributed by atoms with van der Waals surface area (Å²) in [7, 11) is 3.79. The highest BCUT2D eigenvalue weighted by Gasteiger charge is 2.45. The summed E-state index contributed by atoms with van der Waals surface area (Å²) in [6.45, 7) is 0.327. The van der Waals surface area contributed by atoms with E-state index in [1.165, 1.54) is 21.8 Å². The van der Waals surface area contributed by atoms with Crippen molar-refractivity contribution in [3.63, 3.8) is 0 Å². The van der Waals surface area contributed by atoms with Crippen LogP contribution < -0.4 is 17.2 Å². The van der Waals surface area contributed by atoms with Gasteiger partial charge in [0.05, 0.1) is 32.4 Å². The molecule has 2 aliphatic rings. The number of anilines is 2. The van der Waals surface area contributed by atoms with Crippen molar-refractivity contribution in [3.05, 3.63) is 24.3 Å². The summed E-state index contributed by atoms with van der Waals surface area (Å²) in [5.74, 6) is 12.3. The van der Waals surface area contributed by atoms with Crippen molar-refractivity contribution in [2.24, 2.45) is 5.73 Å². The van der Waals surface area contributed by atoms with Gasteiger partial charge in [-0.2, -0.15) is 0 Å². The van der Waals surface area contributed by atoms with Crippen molar-refractivity contribution in [1.29, 1.82) is 0 Å². The fraction of sp³-hybridized carbons (Fsp3) is 0.548. The van der Waals surface area contributed by atoms with Gasteiger partial charge in [0.25, 0.3) is 0 Å². The van der Waals surface area contributed by atoms with E-state index in [1.54, 1.807) is 0 Å². The Kier molecular flexibility index (Phi) is 12.3. The summed E-state index contributed by atoms with van der Waals surface area (Å²) in [5.41, 5.74) is 18.6. The molecule has 0 bridgehead atoms. The number of ether oxygens (including phenoxy) is 2.